The van der Waals surface area contributed by atoms with Crippen LogP contribution < -0.4 is 5.48 Å². The second kappa shape index (κ2) is 3.82. The Hall–Kier alpha value is -1.42. The molecule has 1 rings (SSSR count). The molecule has 1 N–H and O–H groups in total. The van der Waals surface area contributed by atoms with Gasteiger partial charge in [0.15, 0.2) is 0 Å². The Bertz CT molecular complexity index is 269. The summed E-state index contributed by atoms with van der Waals surface area (Å²) in [6.07, 6.45) is 1.63. The lowest BCUT2D eigenvalue weighted by atomic mass is 10.3. The standard InChI is InChI=1S/C8H10N2O2/c1-6-3-4-7(9-5-6)8(11)10-12-2/h3-5H,1-2H3,(H,10,11). The molecule has 1 aromatic heterocycles. The number of aromatic nitrogens is 1. The Morgan fingerprint density at radius 3 is 2.83 bits per heavy atom. The fourth-order valence-corrected chi connectivity index (χ4v) is 0.747. The van der Waals surface area contributed by atoms with Crippen molar-refractivity contribution in [2.75, 3.05) is 7.11 Å². The molecule has 0 spiro atoms. The first-order chi connectivity index (χ1) is 5.74. The van der Waals surface area contributed by atoms with Crippen LogP contribution in [0.5, 0.6) is 0 Å². The minimum absolute atomic E-state index is 0.336. The first-order valence-corrected chi connectivity index (χ1v) is 3.50. The Labute approximate surface area is 70.5 Å². The fourth-order valence-electron chi connectivity index (χ4n) is 0.747. The highest BCUT2D eigenvalue weighted by molar-refractivity contribution is 5.91. The maximum absolute atomic E-state index is 11.1. The molecule has 12 heavy (non-hydrogen) atoms. The molecular weight excluding hydrogens is 156 g/mol. The van der Waals surface area contributed by atoms with Gasteiger partial charge in [0, 0.05) is 6.20 Å². The summed E-state index contributed by atoms with van der Waals surface area (Å²) in [5.41, 5.74) is 3.55. The molecule has 0 atom stereocenters. The number of nitrogens with zero attached hydrogens (tertiary/aromatic N) is 1. The SMILES string of the molecule is CONC(=O)c1ccc(C)cn1. The minimum Gasteiger partial charge on any atom is -0.277 e. The number of amides is 1. The Kier molecular flexibility index (Phi) is 2.76. The van der Waals surface area contributed by atoms with E-state index in [1.807, 2.05) is 13.0 Å². The predicted molar refractivity (Wildman–Crippen MR) is 43.4 cm³/mol. The van der Waals surface area contributed by atoms with Gasteiger partial charge in [0.1, 0.15) is 5.69 Å². The van der Waals surface area contributed by atoms with Crippen LogP contribution in [-0.4, -0.2) is 18.0 Å². The summed E-state index contributed by atoms with van der Waals surface area (Å²) in [5, 5.41) is 0. The van der Waals surface area contributed by atoms with Gasteiger partial charge in [0.05, 0.1) is 7.11 Å². The Balaban J connectivity index is 2.75. The van der Waals surface area contributed by atoms with Crippen LogP contribution in [-0.2, 0) is 4.84 Å². The fraction of sp³-hybridized carbons (Fsp3) is 0.250. The predicted octanol–water partition coefficient (Wildman–Crippen LogP) is 0.681. The van der Waals surface area contributed by atoms with Crippen molar-refractivity contribution in [1.29, 1.82) is 0 Å². The first kappa shape index (κ1) is 8.67. The monoisotopic (exact) mass is 166 g/mol. The van der Waals surface area contributed by atoms with Gasteiger partial charge < -0.3 is 0 Å². The number of hydrogen-bond acceptors (Lipinski definition) is 3. The van der Waals surface area contributed by atoms with Gasteiger partial charge in [-0.1, -0.05) is 6.07 Å². The number of carbonyl (C=O) groups is 1. The van der Waals surface area contributed by atoms with Crippen LogP contribution in [0.15, 0.2) is 18.3 Å². The van der Waals surface area contributed by atoms with E-state index >= 15 is 0 Å². The number of aryl methyl sites for hydroxylation is 1. The molecule has 1 heterocycles. The highest BCUT2D eigenvalue weighted by atomic mass is 16.6. The number of nitrogens with one attached hydrogen (secondary N) is 1. The van der Waals surface area contributed by atoms with Gasteiger partial charge in [-0.05, 0) is 18.6 Å². The quantitative estimate of drug-likeness (QED) is 0.657. The largest absolute Gasteiger partial charge is 0.293 e. The number of carbonyl (C=O) groups excluding carboxylic acids is 1. The van der Waals surface area contributed by atoms with Crippen LogP contribution in [0.4, 0.5) is 0 Å². The number of pyridine rings is 1. The molecule has 64 valence electrons. The zero-order chi connectivity index (χ0) is 8.97. The second-order valence-electron chi connectivity index (χ2n) is 2.36. The van der Waals surface area contributed by atoms with Crippen LogP contribution in [0.3, 0.4) is 0 Å². The number of hydrogen-bond donors (Lipinski definition) is 1. The van der Waals surface area contributed by atoms with Crippen molar-refractivity contribution in [1.82, 2.24) is 10.5 Å². The molecule has 0 bridgehead atoms. The van der Waals surface area contributed by atoms with Crippen LogP contribution in [0.1, 0.15) is 16.1 Å². The molecule has 0 aliphatic heterocycles. The van der Waals surface area contributed by atoms with Gasteiger partial charge in [-0.2, -0.15) is 0 Å². The van der Waals surface area contributed by atoms with Gasteiger partial charge in [0.2, 0.25) is 0 Å². The maximum atomic E-state index is 11.1. The van der Waals surface area contributed by atoms with Crippen LogP contribution in [0.25, 0.3) is 0 Å². The summed E-state index contributed by atoms with van der Waals surface area (Å²) in [4.78, 5) is 19.4. The van der Waals surface area contributed by atoms with E-state index in [-0.39, 0.29) is 5.91 Å². The molecule has 0 fully saturated rings. The van der Waals surface area contributed by atoms with Crippen LogP contribution >= 0.6 is 0 Å². The van der Waals surface area contributed by atoms with E-state index in [1.165, 1.54) is 7.11 Å². The molecule has 1 aromatic rings. The topological polar surface area (TPSA) is 51.2 Å². The number of hydroxylamine groups is 1. The van der Waals surface area contributed by atoms with Gasteiger partial charge in [-0.3, -0.25) is 14.6 Å². The third kappa shape index (κ3) is 2.03. The molecule has 1 amide bonds. The Morgan fingerprint density at radius 2 is 2.33 bits per heavy atom. The zero-order valence-electron chi connectivity index (χ0n) is 7.00. The van der Waals surface area contributed by atoms with Gasteiger partial charge in [-0.25, -0.2) is 5.48 Å². The van der Waals surface area contributed by atoms with Gasteiger partial charge in [-0.15, -0.1) is 0 Å². The maximum Gasteiger partial charge on any atom is 0.293 e. The van der Waals surface area contributed by atoms with Crippen LogP contribution in [0, 0.1) is 6.92 Å². The van der Waals surface area contributed by atoms with E-state index in [1.54, 1.807) is 12.3 Å². The summed E-state index contributed by atoms with van der Waals surface area (Å²) in [5.74, 6) is -0.336. The van der Waals surface area contributed by atoms with Crippen molar-refractivity contribution in [2.24, 2.45) is 0 Å². The van der Waals surface area contributed by atoms with E-state index in [9.17, 15) is 4.79 Å². The van der Waals surface area contributed by atoms with Crippen molar-refractivity contribution < 1.29 is 9.63 Å². The molecule has 0 aliphatic carbocycles. The third-order valence-electron chi connectivity index (χ3n) is 1.34. The lowest BCUT2D eigenvalue weighted by Crippen LogP contribution is -2.22. The molecule has 0 saturated heterocycles. The van der Waals surface area contributed by atoms with Crippen molar-refractivity contribution >= 4 is 5.91 Å². The molecule has 0 aromatic carbocycles. The molecule has 0 aliphatic rings. The van der Waals surface area contributed by atoms with E-state index in [2.05, 4.69) is 15.3 Å². The second-order valence-corrected chi connectivity index (χ2v) is 2.36. The summed E-state index contributed by atoms with van der Waals surface area (Å²) in [7, 11) is 1.38. The van der Waals surface area contributed by atoms with Crippen LogP contribution in [0.2, 0.25) is 0 Å². The molecule has 0 unspecified atom stereocenters. The highest BCUT2D eigenvalue weighted by Gasteiger charge is 2.04. The smallest absolute Gasteiger partial charge is 0.277 e. The lowest BCUT2D eigenvalue weighted by molar-refractivity contribution is 0.0532. The highest BCUT2D eigenvalue weighted by Crippen LogP contribution is 1.97. The minimum atomic E-state index is -0.336. The Morgan fingerprint density at radius 1 is 1.58 bits per heavy atom. The first-order valence-electron chi connectivity index (χ1n) is 3.50. The average Bonchev–Trinajstić information content (AvgIpc) is 2.06. The van der Waals surface area contributed by atoms with E-state index < -0.39 is 0 Å². The van der Waals surface area contributed by atoms with Crippen molar-refractivity contribution in [3.63, 3.8) is 0 Å². The average molecular weight is 166 g/mol. The zero-order valence-corrected chi connectivity index (χ0v) is 7.00. The van der Waals surface area contributed by atoms with E-state index in [0.29, 0.717) is 5.69 Å². The summed E-state index contributed by atoms with van der Waals surface area (Å²) in [6.45, 7) is 1.91. The van der Waals surface area contributed by atoms with Gasteiger partial charge in [0.25, 0.3) is 5.91 Å². The lowest BCUT2D eigenvalue weighted by Gasteiger charge is -2.00. The van der Waals surface area contributed by atoms with Crippen molar-refractivity contribution in [3.05, 3.63) is 29.6 Å². The molecular formula is C8H10N2O2. The van der Waals surface area contributed by atoms with E-state index in [4.69, 9.17) is 0 Å². The number of rotatable bonds is 2. The van der Waals surface area contributed by atoms with E-state index in [0.717, 1.165) is 5.56 Å². The molecule has 4 heteroatoms. The summed E-state index contributed by atoms with van der Waals surface area (Å²) < 4.78 is 0. The summed E-state index contributed by atoms with van der Waals surface area (Å²) in [6, 6.07) is 3.46. The molecule has 4 nitrogen and oxygen atoms in total. The van der Waals surface area contributed by atoms with Crippen molar-refractivity contribution in [3.8, 4) is 0 Å². The van der Waals surface area contributed by atoms with Gasteiger partial charge >= 0.3 is 0 Å². The normalized spacial score (nSPS) is 9.50. The third-order valence-corrected chi connectivity index (χ3v) is 1.34. The van der Waals surface area contributed by atoms with Crippen molar-refractivity contribution in [2.45, 2.75) is 6.92 Å². The molecule has 0 saturated carbocycles. The summed E-state index contributed by atoms with van der Waals surface area (Å²) >= 11 is 0. The molecule has 0 radical (unpaired) electrons.